The minimum atomic E-state index is -0.226. The van der Waals surface area contributed by atoms with E-state index in [0.717, 1.165) is 30.5 Å². The minimum Gasteiger partial charge on any atom is -0.393 e. The van der Waals surface area contributed by atoms with Gasteiger partial charge in [0.25, 0.3) is 0 Å². The van der Waals surface area contributed by atoms with Crippen LogP contribution in [0.2, 0.25) is 0 Å². The van der Waals surface area contributed by atoms with Crippen LogP contribution >= 0.6 is 0 Å². The monoisotopic (exact) mass is 302 g/mol. The Morgan fingerprint density at radius 1 is 1.32 bits per heavy atom. The molecular weight excluding hydrogens is 276 g/mol. The molecule has 3 rings (SSSR count). The van der Waals surface area contributed by atoms with Crippen LogP contribution < -0.4 is 0 Å². The highest BCUT2D eigenvalue weighted by Gasteiger charge is 2.25. The lowest BCUT2D eigenvalue weighted by Gasteiger charge is -2.25. The fourth-order valence-corrected chi connectivity index (χ4v) is 3.45. The van der Waals surface area contributed by atoms with Gasteiger partial charge in [-0.15, -0.1) is 0 Å². The highest BCUT2D eigenvalue weighted by Crippen LogP contribution is 2.24. The van der Waals surface area contributed by atoms with E-state index in [-0.39, 0.29) is 6.10 Å². The SMILES string of the molecule is CC(O)CC1CCCN1Cc1cnc2c(cnn2C(C)C)c1. The molecule has 2 aromatic rings. The van der Waals surface area contributed by atoms with Crippen LogP contribution in [0.15, 0.2) is 18.5 Å². The van der Waals surface area contributed by atoms with E-state index in [4.69, 9.17) is 0 Å². The standard InChI is InChI=1S/C17H26N4O/c1-12(2)21-17-15(10-19-21)8-14(9-18-17)11-20-6-4-5-16(20)7-13(3)22/h8-10,12-13,16,22H,4-7,11H2,1-3H3. The third-order valence-electron chi connectivity index (χ3n) is 4.48. The van der Waals surface area contributed by atoms with Crippen LogP contribution in [0.3, 0.4) is 0 Å². The van der Waals surface area contributed by atoms with Gasteiger partial charge in [0.05, 0.1) is 12.3 Å². The van der Waals surface area contributed by atoms with Crippen LogP contribution in [0.4, 0.5) is 0 Å². The van der Waals surface area contributed by atoms with Crippen LogP contribution in [0, 0.1) is 0 Å². The summed E-state index contributed by atoms with van der Waals surface area (Å²) >= 11 is 0. The van der Waals surface area contributed by atoms with Crippen LogP contribution in [0.25, 0.3) is 11.0 Å². The summed E-state index contributed by atoms with van der Waals surface area (Å²) in [7, 11) is 0. The summed E-state index contributed by atoms with van der Waals surface area (Å²) in [5.74, 6) is 0. The molecule has 0 aliphatic carbocycles. The number of fused-ring (bicyclic) bond motifs is 1. The van der Waals surface area contributed by atoms with Gasteiger partial charge in [0.2, 0.25) is 0 Å². The number of pyridine rings is 1. The maximum Gasteiger partial charge on any atom is 0.157 e. The van der Waals surface area contributed by atoms with Crippen molar-refractivity contribution in [1.82, 2.24) is 19.7 Å². The summed E-state index contributed by atoms with van der Waals surface area (Å²) in [6, 6.07) is 3.02. The molecule has 0 aromatic carbocycles. The van der Waals surface area contributed by atoms with Gasteiger partial charge >= 0.3 is 0 Å². The van der Waals surface area contributed by atoms with E-state index in [9.17, 15) is 5.11 Å². The summed E-state index contributed by atoms with van der Waals surface area (Å²) in [6.45, 7) is 8.14. The number of aromatic nitrogens is 3. The van der Waals surface area contributed by atoms with Gasteiger partial charge in [0, 0.05) is 30.2 Å². The number of aliphatic hydroxyl groups excluding tert-OH is 1. The van der Waals surface area contributed by atoms with Gasteiger partial charge in [-0.05, 0) is 58.2 Å². The first-order valence-electron chi connectivity index (χ1n) is 8.29. The van der Waals surface area contributed by atoms with Crippen LogP contribution in [0.1, 0.15) is 51.6 Å². The van der Waals surface area contributed by atoms with E-state index in [1.807, 2.05) is 24.0 Å². The molecule has 120 valence electrons. The zero-order valence-electron chi connectivity index (χ0n) is 13.7. The lowest BCUT2D eigenvalue weighted by atomic mass is 10.1. The van der Waals surface area contributed by atoms with Crippen molar-refractivity contribution in [1.29, 1.82) is 0 Å². The Morgan fingerprint density at radius 2 is 2.14 bits per heavy atom. The van der Waals surface area contributed by atoms with Crippen molar-refractivity contribution in [3.8, 4) is 0 Å². The molecule has 1 N–H and O–H groups in total. The van der Waals surface area contributed by atoms with Gasteiger partial charge in [0.1, 0.15) is 0 Å². The largest absolute Gasteiger partial charge is 0.393 e. The van der Waals surface area contributed by atoms with Crippen molar-refractivity contribution in [3.63, 3.8) is 0 Å². The molecule has 0 bridgehead atoms. The molecule has 5 heteroatoms. The predicted octanol–water partition coefficient (Wildman–Crippen LogP) is 2.75. The first kappa shape index (κ1) is 15.4. The molecule has 0 spiro atoms. The average Bonchev–Trinajstić information content (AvgIpc) is 3.05. The van der Waals surface area contributed by atoms with Gasteiger partial charge in [-0.2, -0.15) is 5.10 Å². The van der Waals surface area contributed by atoms with Crippen molar-refractivity contribution < 1.29 is 5.11 Å². The molecule has 0 amide bonds. The zero-order chi connectivity index (χ0) is 15.7. The lowest BCUT2D eigenvalue weighted by Crippen LogP contribution is -2.31. The zero-order valence-corrected chi connectivity index (χ0v) is 13.7. The van der Waals surface area contributed by atoms with Gasteiger partial charge < -0.3 is 5.11 Å². The Bertz CT molecular complexity index is 635. The molecule has 3 heterocycles. The molecule has 2 aromatic heterocycles. The highest BCUT2D eigenvalue weighted by atomic mass is 16.3. The van der Waals surface area contributed by atoms with E-state index in [1.165, 1.54) is 18.4 Å². The first-order valence-corrected chi connectivity index (χ1v) is 8.29. The molecule has 1 saturated heterocycles. The van der Waals surface area contributed by atoms with E-state index in [2.05, 4.69) is 34.9 Å². The maximum atomic E-state index is 9.64. The molecule has 0 radical (unpaired) electrons. The quantitative estimate of drug-likeness (QED) is 0.922. The average molecular weight is 302 g/mol. The number of likely N-dealkylation sites (tertiary alicyclic amines) is 1. The smallest absolute Gasteiger partial charge is 0.157 e. The summed E-state index contributed by atoms with van der Waals surface area (Å²) in [4.78, 5) is 7.09. The van der Waals surface area contributed by atoms with Gasteiger partial charge in [0.15, 0.2) is 5.65 Å². The fourth-order valence-electron chi connectivity index (χ4n) is 3.45. The molecule has 1 aliphatic rings. The van der Waals surface area contributed by atoms with E-state index in [1.54, 1.807) is 0 Å². The van der Waals surface area contributed by atoms with Crippen molar-refractivity contribution in [2.45, 2.75) is 64.8 Å². The van der Waals surface area contributed by atoms with Gasteiger partial charge in [-0.1, -0.05) is 0 Å². The number of nitrogens with zero attached hydrogens (tertiary/aromatic N) is 4. The molecule has 1 fully saturated rings. The summed E-state index contributed by atoms with van der Waals surface area (Å²) < 4.78 is 1.96. The second-order valence-electron chi connectivity index (χ2n) is 6.79. The van der Waals surface area contributed by atoms with E-state index in [0.29, 0.717) is 12.1 Å². The molecule has 22 heavy (non-hydrogen) atoms. The fraction of sp³-hybridized carbons (Fsp3) is 0.647. The summed E-state index contributed by atoms with van der Waals surface area (Å²) in [5.41, 5.74) is 2.19. The number of hydrogen-bond donors (Lipinski definition) is 1. The normalized spacial score (nSPS) is 21.0. The van der Waals surface area contributed by atoms with Crippen LogP contribution in [-0.2, 0) is 6.54 Å². The van der Waals surface area contributed by atoms with Crippen molar-refractivity contribution in [2.75, 3.05) is 6.54 Å². The van der Waals surface area contributed by atoms with E-state index < -0.39 is 0 Å². The van der Waals surface area contributed by atoms with Crippen LogP contribution in [-0.4, -0.2) is 43.5 Å². The summed E-state index contributed by atoms with van der Waals surface area (Å²) in [6.07, 6.45) is 6.92. The Labute approximate surface area is 132 Å². The third-order valence-corrected chi connectivity index (χ3v) is 4.48. The molecule has 5 nitrogen and oxygen atoms in total. The molecule has 2 atom stereocenters. The highest BCUT2D eigenvalue weighted by molar-refractivity contribution is 5.75. The Morgan fingerprint density at radius 3 is 2.86 bits per heavy atom. The minimum absolute atomic E-state index is 0.226. The Balaban J connectivity index is 1.76. The number of aliphatic hydroxyl groups is 1. The Kier molecular flexibility index (Phi) is 4.45. The van der Waals surface area contributed by atoms with Crippen molar-refractivity contribution in [3.05, 3.63) is 24.0 Å². The topological polar surface area (TPSA) is 54.2 Å². The molecule has 2 unspecified atom stereocenters. The number of hydrogen-bond acceptors (Lipinski definition) is 4. The number of rotatable bonds is 5. The van der Waals surface area contributed by atoms with Crippen molar-refractivity contribution in [2.24, 2.45) is 0 Å². The van der Waals surface area contributed by atoms with Gasteiger partial charge in [-0.25, -0.2) is 9.67 Å². The summed E-state index contributed by atoms with van der Waals surface area (Å²) in [5, 5.41) is 15.2. The van der Waals surface area contributed by atoms with Crippen molar-refractivity contribution >= 4 is 11.0 Å². The molecule has 1 aliphatic heterocycles. The van der Waals surface area contributed by atoms with E-state index >= 15 is 0 Å². The lowest BCUT2D eigenvalue weighted by molar-refractivity contribution is 0.131. The third kappa shape index (κ3) is 3.15. The maximum absolute atomic E-state index is 9.64. The predicted molar refractivity (Wildman–Crippen MR) is 87.6 cm³/mol. The second-order valence-corrected chi connectivity index (χ2v) is 6.79. The molecule has 0 saturated carbocycles. The van der Waals surface area contributed by atoms with Crippen LogP contribution in [0.5, 0.6) is 0 Å². The second kappa shape index (κ2) is 6.34. The molecular formula is C17H26N4O. The first-order chi connectivity index (χ1) is 10.5. The van der Waals surface area contributed by atoms with Gasteiger partial charge in [-0.3, -0.25) is 4.90 Å². The Hall–Kier alpha value is -1.46.